The Morgan fingerprint density at radius 3 is 2.21 bits per heavy atom. The van der Waals surface area contributed by atoms with Gasteiger partial charge in [0, 0.05) is 37.9 Å². The summed E-state index contributed by atoms with van der Waals surface area (Å²) in [5, 5.41) is 3.58. The maximum atomic E-state index is 13.5. The molecule has 0 spiro atoms. The maximum absolute atomic E-state index is 13.5. The van der Waals surface area contributed by atoms with Crippen LogP contribution < -0.4 is 10.2 Å². The number of fused-ring (bicyclic) bond motifs is 1. The number of nitrogens with one attached hydrogen (secondary N) is 1. The monoisotopic (exact) mass is 473 g/mol. The lowest BCUT2D eigenvalue weighted by Gasteiger charge is -2.36. The summed E-state index contributed by atoms with van der Waals surface area (Å²) in [6.45, 7) is 2.95. The number of benzene rings is 3. The minimum atomic E-state index is -0.134. The van der Waals surface area contributed by atoms with Crippen molar-refractivity contribution in [1.29, 1.82) is 0 Å². The summed E-state index contributed by atoms with van der Waals surface area (Å²) in [5.74, 6) is -0.0516. The predicted molar refractivity (Wildman–Crippen MR) is 135 cm³/mol. The van der Waals surface area contributed by atoms with Gasteiger partial charge in [0.2, 0.25) is 0 Å². The van der Waals surface area contributed by atoms with Crippen molar-refractivity contribution < 1.29 is 9.59 Å². The molecular formula is C28H28ClN3O2. The molecule has 2 heterocycles. The highest BCUT2D eigenvalue weighted by Crippen LogP contribution is 2.28. The standard InChI is InChI=1S/C28H28ClN3O2/c29-25-11-5-3-9-23(25)27(33)30-22-14-17-31(18-15-22)26-12-6-4-10-24(26)28(34)32-16-13-20-7-1-2-8-21(20)19-32/h1-12,22H,13-19H2,(H,30,33). The smallest absolute Gasteiger partial charge is 0.256 e. The predicted octanol–water partition coefficient (Wildman–Crippen LogP) is 4.94. The van der Waals surface area contributed by atoms with Gasteiger partial charge in [0.25, 0.3) is 11.8 Å². The van der Waals surface area contributed by atoms with Crippen LogP contribution in [0.1, 0.15) is 44.7 Å². The fraction of sp³-hybridized carbons (Fsp3) is 0.286. The third kappa shape index (κ3) is 4.66. The molecule has 0 atom stereocenters. The van der Waals surface area contributed by atoms with Gasteiger partial charge in [0.1, 0.15) is 0 Å². The zero-order chi connectivity index (χ0) is 23.5. The Morgan fingerprint density at radius 2 is 1.44 bits per heavy atom. The molecule has 6 heteroatoms. The molecule has 2 aliphatic rings. The number of piperidine rings is 1. The van der Waals surface area contributed by atoms with Crippen molar-refractivity contribution in [3.8, 4) is 0 Å². The molecule has 3 aromatic rings. The highest BCUT2D eigenvalue weighted by atomic mass is 35.5. The molecule has 0 aliphatic carbocycles. The van der Waals surface area contributed by atoms with E-state index in [1.54, 1.807) is 12.1 Å². The SMILES string of the molecule is O=C(NC1CCN(c2ccccc2C(=O)N2CCc3ccccc3C2)CC1)c1ccccc1Cl. The molecule has 1 saturated heterocycles. The van der Waals surface area contributed by atoms with E-state index < -0.39 is 0 Å². The summed E-state index contributed by atoms with van der Waals surface area (Å²) < 4.78 is 0. The zero-order valence-electron chi connectivity index (χ0n) is 19.0. The van der Waals surface area contributed by atoms with E-state index in [4.69, 9.17) is 11.6 Å². The molecule has 0 unspecified atom stereocenters. The van der Waals surface area contributed by atoms with E-state index in [1.807, 2.05) is 47.4 Å². The van der Waals surface area contributed by atoms with Gasteiger partial charge in [-0.3, -0.25) is 9.59 Å². The van der Waals surface area contributed by atoms with Crippen LogP contribution >= 0.6 is 11.6 Å². The van der Waals surface area contributed by atoms with Crippen LogP contribution in [0, 0.1) is 0 Å². The fourth-order valence-corrected chi connectivity index (χ4v) is 5.16. The number of halogens is 1. The van der Waals surface area contributed by atoms with Crippen LogP contribution in [-0.2, 0) is 13.0 Å². The number of anilines is 1. The van der Waals surface area contributed by atoms with E-state index in [1.165, 1.54) is 11.1 Å². The number of para-hydroxylation sites is 1. The molecule has 1 N–H and O–H groups in total. The first kappa shape index (κ1) is 22.5. The van der Waals surface area contributed by atoms with E-state index >= 15 is 0 Å². The number of carbonyl (C=O) groups excluding carboxylic acids is 2. The first-order chi connectivity index (χ1) is 16.6. The van der Waals surface area contributed by atoms with E-state index in [-0.39, 0.29) is 17.9 Å². The summed E-state index contributed by atoms with van der Waals surface area (Å²) >= 11 is 6.17. The second-order valence-corrected chi connectivity index (χ2v) is 9.38. The largest absolute Gasteiger partial charge is 0.371 e. The van der Waals surface area contributed by atoms with Gasteiger partial charge < -0.3 is 15.1 Å². The highest BCUT2D eigenvalue weighted by Gasteiger charge is 2.27. The van der Waals surface area contributed by atoms with Crippen LogP contribution in [0.5, 0.6) is 0 Å². The van der Waals surface area contributed by atoms with Crippen molar-refractivity contribution in [3.05, 3.63) is 100 Å². The van der Waals surface area contributed by atoms with Gasteiger partial charge in [-0.1, -0.05) is 60.1 Å². The topological polar surface area (TPSA) is 52.7 Å². The highest BCUT2D eigenvalue weighted by molar-refractivity contribution is 6.33. The van der Waals surface area contributed by atoms with Crippen molar-refractivity contribution in [2.75, 3.05) is 24.5 Å². The maximum Gasteiger partial charge on any atom is 0.256 e. The molecule has 5 rings (SSSR count). The Labute approximate surface area is 205 Å². The van der Waals surface area contributed by atoms with Crippen LogP contribution in [0.15, 0.2) is 72.8 Å². The lowest BCUT2D eigenvalue weighted by atomic mass is 9.98. The summed E-state index contributed by atoms with van der Waals surface area (Å²) in [4.78, 5) is 30.4. The Kier molecular flexibility index (Phi) is 6.54. The van der Waals surface area contributed by atoms with Crippen molar-refractivity contribution in [3.63, 3.8) is 0 Å². The lowest BCUT2D eigenvalue weighted by Crippen LogP contribution is -2.45. The molecule has 0 saturated carbocycles. The Balaban J connectivity index is 1.24. The van der Waals surface area contributed by atoms with Crippen LogP contribution in [-0.4, -0.2) is 42.4 Å². The van der Waals surface area contributed by atoms with Gasteiger partial charge in [-0.25, -0.2) is 0 Å². The van der Waals surface area contributed by atoms with E-state index in [0.29, 0.717) is 17.1 Å². The second-order valence-electron chi connectivity index (χ2n) is 8.98. The van der Waals surface area contributed by atoms with E-state index in [0.717, 1.165) is 50.1 Å². The quantitative estimate of drug-likeness (QED) is 0.584. The molecule has 0 radical (unpaired) electrons. The number of nitrogens with zero attached hydrogens (tertiary/aromatic N) is 2. The number of amides is 2. The van der Waals surface area contributed by atoms with Gasteiger partial charge in [-0.05, 0) is 54.7 Å². The summed E-state index contributed by atoms with van der Waals surface area (Å²) in [5.41, 5.74) is 4.80. The molecule has 34 heavy (non-hydrogen) atoms. The Hall–Kier alpha value is -3.31. The second kappa shape index (κ2) is 9.90. The van der Waals surface area contributed by atoms with Crippen LogP contribution in [0.2, 0.25) is 5.02 Å². The Morgan fingerprint density at radius 1 is 0.794 bits per heavy atom. The third-order valence-electron chi connectivity index (χ3n) is 6.84. The molecule has 2 amide bonds. The Bertz CT molecular complexity index is 1200. The van der Waals surface area contributed by atoms with Crippen molar-refractivity contribution in [1.82, 2.24) is 10.2 Å². The molecule has 2 aliphatic heterocycles. The van der Waals surface area contributed by atoms with Crippen LogP contribution in [0.3, 0.4) is 0 Å². The molecule has 0 aromatic heterocycles. The van der Waals surface area contributed by atoms with Crippen LogP contribution in [0.25, 0.3) is 0 Å². The van der Waals surface area contributed by atoms with Crippen molar-refractivity contribution >= 4 is 29.1 Å². The lowest BCUT2D eigenvalue weighted by molar-refractivity contribution is 0.0735. The fourth-order valence-electron chi connectivity index (χ4n) is 4.94. The van der Waals surface area contributed by atoms with Crippen molar-refractivity contribution in [2.24, 2.45) is 0 Å². The third-order valence-corrected chi connectivity index (χ3v) is 7.17. The molecule has 0 bridgehead atoms. The van der Waals surface area contributed by atoms with Crippen LogP contribution in [0.4, 0.5) is 5.69 Å². The minimum Gasteiger partial charge on any atom is -0.371 e. The first-order valence-corrected chi connectivity index (χ1v) is 12.2. The van der Waals surface area contributed by atoms with Gasteiger partial charge in [-0.15, -0.1) is 0 Å². The van der Waals surface area contributed by atoms with Gasteiger partial charge in [-0.2, -0.15) is 0 Å². The molecule has 1 fully saturated rings. The number of carbonyl (C=O) groups is 2. The zero-order valence-corrected chi connectivity index (χ0v) is 19.8. The summed E-state index contributed by atoms with van der Waals surface area (Å²) in [7, 11) is 0. The number of hydrogen-bond donors (Lipinski definition) is 1. The summed E-state index contributed by atoms with van der Waals surface area (Å²) in [6.07, 6.45) is 2.52. The normalized spacial score (nSPS) is 16.1. The van der Waals surface area contributed by atoms with E-state index in [2.05, 4.69) is 28.4 Å². The average molecular weight is 474 g/mol. The average Bonchev–Trinajstić information content (AvgIpc) is 2.88. The van der Waals surface area contributed by atoms with E-state index in [9.17, 15) is 9.59 Å². The van der Waals surface area contributed by atoms with Gasteiger partial charge >= 0.3 is 0 Å². The number of hydrogen-bond acceptors (Lipinski definition) is 3. The number of rotatable bonds is 4. The molecule has 3 aromatic carbocycles. The molecule has 5 nitrogen and oxygen atoms in total. The molecular weight excluding hydrogens is 446 g/mol. The van der Waals surface area contributed by atoms with Crippen molar-refractivity contribution in [2.45, 2.75) is 31.8 Å². The summed E-state index contributed by atoms with van der Waals surface area (Å²) in [6, 6.07) is 23.5. The first-order valence-electron chi connectivity index (χ1n) is 11.9. The minimum absolute atomic E-state index is 0.0826. The molecule has 174 valence electrons. The van der Waals surface area contributed by atoms with Gasteiger partial charge in [0.05, 0.1) is 16.1 Å². The van der Waals surface area contributed by atoms with Gasteiger partial charge in [0.15, 0.2) is 0 Å².